The van der Waals surface area contributed by atoms with Gasteiger partial charge in [-0.05, 0) is 36.0 Å². The molecule has 22 heavy (non-hydrogen) atoms. The molecule has 0 saturated heterocycles. The first-order chi connectivity index (χ1) is 9.99. The van der Waals surface area contributed by atoms with Gasteiger partial charge in [-0.25, -0.2) is 13.2 Å². The van der Waals surface area contributed by atoms with Crippen LogP contribution in [0.1, 0.15) is 56.2 Å². The van der Waals surface area contributed by atoms with Gasteiger partial charge in [-0.1, -0.05) is 27.7 Å². The van der Waals surface area contributed by atoms with Crippen LogP contribution < -0.4 is 16.0 Å². The molecule has 0 heterocycles. The fourth-order valence-corrected chi connectivity index (χ4v) is 3.52. The summed E-state index contributed by atoms with van der Waals surface area (Å²) in [5.74, 6) is -0.00258. The summed E-state index contributed by atoms with van der Waals surface area (Å²) in [6.45, 7) is 9.09. The summed E-state index contributed by atoms with van der Waals surface area (Å²) in [4.78, 5) is 12.7. The Morgan fingerprint density at radius 1 is 1.23 bits per heavy atom. The summed E-state index contributed by atoms with van der Waals surface area (Å²) in [7, 11) is -3.99. The SMILES string of the molecule is Cc1c(S(=O)(=O)NNC(N)=O)cc(C(C)C)c(O)c1C(C)C. The predicted molar refractivity (Wildman–Crippen MR) is 84.1 cm³/mol. The molecular weight excluding hydrogens is 306 g/mol. The van der Waals surface area contributed by atoms with E-state index in [1.165, 1.54) is 6.07 Å². The summed E-state index contributed by atoms with van der Waals surface area (Å²) >= 11 is 0. The van der Waals surface area contributed by atoms with Crippen molar-refractivity contribution in [2.24, 2.45) is 5.73 Å². The first kappa shape index (κ1) is 18.2. The van der Waals surface area contributed by atoms with Crippen LogP contribution in [0, 0.1) is 6.92 Å². The maximum Gasteiger partial charge on any atom is 0.327 e. The van der Waals surface area contributed by atoms with Crippen molar-refractivity contribution >= 4 is 16.1 Å². The number of amides is 2. The van der Waals surface area contributed by atoms with E-state index in [4.69, 9.17) is 5.73 Å². The van der Waals surface area contributed by atoms with Gasteiger partial charge in [0.05, 0.1) is 4.90 Å². The first-order valence-corrected chi connectivity index (χ1v) is 8.41. The molecule has 1 aromatic rings. The minimum atomic E-state index is -3.99. The Bertz CT molecular complexity index is 682. The van der Waals surface area contributed by atoms with Crippen LogP contribution in [0.25, 0.3) is 0 Å². The largest absolute Gasteiger partial charge is 0.507 e. The first-order valence-electron chi connectivity index (χ1n) is 6.92. The Morgan fingerprint density at radius 2 is 1.77 bits per heavy atom. The standard InChI is InChI=1S/C14H23N3O4S/c1-7(2)10-6-11(22(20,21)17-16-14(15)19)9(5)12(8(3)4)13(10)18/h6-8,17-18H,1-5H3,(H3,15,16,19). The molecule has 0 bridgehead atoms. The number of nitrogens with two attached hydrogens (primary N) is 1. The van der Waals surface area contributed by atoms with Crippen molar-refractivity contribution in [1.29, 1.82) is 0 Å². The van der Waals surface area contributed by atoms with Gasteiger partial charge in [0.2, 0.25) is 0 Å². The summed E-state index contributed by atoms with van der Waals surface area (Å²) in [6, 6.07) is 0.417. The number of carbonyl (C=O) groups is 1. The molecule has 8 heteroatoms. The van der Waals surface area contributed by atoms with E-state index in [-0.39, 0.29) is 22.5 Å². The average molecular weight is 329 g/mol. The van der Waals surface area contributed by atoms with E-state index in [2.05, 4.69) is 0 Å². The molecule has 0 aliphatic rings. The number of phenolic OH excluding ortho intramolecular Hbond substituents is 1. The summed E-state index contributed by atoms with van der Waals surface area (Å²) in [5, 5.41) is 10.4. The third-order valence-electron chi connectivity index (χ3n) is 3.39. The van der Waals surface area contributed by atoms with E-state index in [9.17, 15) is 18.3 Å². The van der Waals surface area contributed by atoms with Crippen LogP contribution in [0.2, 0.25) is 0 Å². The van der Waals surface area contributed by atoms with Crippen molar-refractivity contribution < 1.29 is 18.3 Å². The molecule has 5 N–H and O–H groups in total. The molecule has 124 valence electrons. The number of hydrazine groups is 1. The van der Waals surface area contributed by atoms with Gasteiger partial charge < -0.3 is 10.8 Å². The lowest BCUT2D eigenvalue weighted by molar-refractivity contribution is 0.247. The highest BCUT2D eigenvalue weighted by Crippen LogP contribution is 2.39. The highest BCUT2D eigenvalue weighted by molar-refractivity contribution is 7.89. The van der Waals surface area contributed by atoms with Crippen molar-refractivity contribution in [3.05, 3.63) is 22.8 Å². The molecule has 0 spiro atoms. The zero-order chi connectivity index (χ0) is 17.2. The quantitative estimate of drug-likeness (QED) is 0.615. The molecule has 0 aromatic heterocycles. The highest BCUT2D eigenvalue weighted by Gasteiger charge is 2.25. The number of rotatable bonds is 5. The Labute approximate surface area is 130 Å². The second-order valence-electron chi connectivity index (χ2n) is 5.76. The third kappa shape index (κ3) is 3.69. The number of primary amides is 1. The fourth-order valence-electron chi connectivity index (χ4n) is 2.38. The Kier molecular flexibility index (Phi) is 5.42. The van der Waals surface area contributed by atoms with Crippen LogP contribution in [-0.2, 0) is 10.0 Å². The summed E-state index contributed by atoms with van der Waals surface area (Å²) < 4.78 is 24.7. The van der Waals surface area contributed by atoms with Crippen molar-refractivity contribution in [2.75, 3.05) is 0 Å². The van der Waals surface area contributed by atoms with Crippen LogP contribution in [-0.4, -0.2) is 19.6 Å². The number of nitrogens with one attached hydrogen (secondary N) is 2. The lowest BCUT2D eigenvalue weighted by atomic mass is 9.90. The van der Waals surface area contributed by atoms with Gasteiger partial charge in [0, 0.05) is 5.56 Å². The van der Waals surface area contributed by atoms with E-state index >= 15 is 0 Å². The van der Waals surface area contributed by atoms with E-state index in [0.29, 0.717) is 16.7 Å². The maximum atomic E-state index is 12.4. The minimum absolute atomic E-state index is 0.00597. The van der Waals surface area contributed by atoms with E-state index in [1.807, 2.05) is 38.0 Å². The van der Waals surface area contributed by atoms with Gasteiger partial charge in [0.25, 0.3) is 10.0 Å². The van der Waals surface area contributed by atoms with Crippen molar-refractivity contribution in [2.45, 2.75) is 51.3 Å². The van der Waals surface area contributed by atoms with Crippen molar-refractivity contribution in [1.82, 2.24) is 10.3 Å². The minimum Gasteiger partial charge on any atom is -0.507 e. The van der Waals surface area contributed by atoms with Crippen LogP contribution in [0.3, 0.4) is 0 Å². The molecule has 1 rings (SSSR count). The monoisotopic (exact) mass is 329 g/mol. The zero-order valence-electron chi connectivity index (χ0n) is 13.4. The second-order valence-corrected chi connectivity index (χ2v) is 7.41. The summed E-state index contributed by atoms with van der Waals surface area (Å²) in [6.07, 6.45) is 0. The van der Waals surface area contributed by atoms with Gasteiger partial charge in [0.1, 0.15) is 5.75 Å². The Balaban J connectivity index is 3.58. The fraction of sp³-hybridized carbons (Fsp3) is 0.500. The van der Waals surface area contributed by atoms with Crippen LogP contribution >= 0.6 is 0 Å². The van der Waals surface area contributed by atoms with Crippen LogP contribution in [0.15, 0.2) is 11.0 Å². The average Bonchev–Trinajstić information content (AvgIpc) is 2.35. The molecular formula is C14H23N3O4S. The molecule has 1 aromatic carbocycles. The zero-order valence-corrected chi connectivity index (χ0v) is 14.2. The number of urea groups is 1. The molecule has 7 nitrogen and oxygen atoms in total. The normalized spacial score (nSPS) is 12.0. The number of phenols is 1. The molecule has 0 aliphatic carbocycles. The van der Waals surface area contributed by atoms with E-state index in [0.717, 1.165) is 0 Å². The third-order valence-corrected chi connectivity index (χ3v) is 4.76. The number of hydrogen-bond donors (Lipinski definition) is 4. The molecule has 0 fully saturated rings. The number of carbonyl (C=O) groups excluding carboxylic acids is 1. The van der Waals surface area contributed by atoms with Crippen LogP contribution in [0.4, 0.5) is 4.79 Å². The van der Waals surface area contributed by atoms with Gasteiger partial charge in [0.15, 0.2) is 0 Å². The van der Waals surface area contributed by atoms with Crippen molar-refractivity contribution in [3.63, 3.8) is 0 Å². The van der Waals surface area contributed by atoms with E-state index < -0.39 is 16.1 Å². The van der Waals surface area contributed by atoms with Crippen LogP contribution in [0.5, 0.6) is 5.75 Å². The molecule has 0 unspecified atom stereocenters. The summed E-state index contributed by atoms with van der Waals surface area (Å²) in [5.41, 5.74) is 8.29. The van der Waals surface area contributed by atoms with Gasteiger partial charge in [-0.15, -0.1) is 4.83 Å². The van der Waals surface area contributed by atoms with Gasteiger partial charge in [-0.3, -0.25) is 5.43 Å². The number of hydrogen-bond acceptors (Lipinski definition) is 4. The topological polar surface area (TPSA) is 122 Å². The highest BCUT2D eigenvalue weighted by atomic mass is 32.2. The molecule has 0 aliphatic heterocycles. The second kappa shape index (κ2) is 6.53. The smallest absolute Gasteiger partial charge is 0.327 e. The van der Waals surface area contributed by atoms with Gasteiger partial charge >= 0.3 is 6.03 Å². The number of benzene rings is 1. The number of aromatic hydroxyl groups is 1. The molecule has 0 saturated carbocycles. The lowest BCUT2D eigenvalue weighted by Gasteiger charge is -2.21. The Morgan fingerprint density at radius 3 is 2.18 bits per heavy atom. The molecule has 2 amide bonds. The number of sulfonamides is 1. The maximum absolute atomic E-state index is 12.4. The van der Waals surface area contributed by atoms with E-state index in [1.54, 1.807) is 6.92 Å². The molecule has 0 atom stereocenters. The lowest BCUT2D eigenvalue weighted by Crippen LogP contribution is -2.44. The Hall–Kier alpha value is -1.80. The van der Waals surface area contributed by atoms with Gasteiger partial charge in [-0.2, -0.15) is 0 Å². The predicted octanol–water partition coefficient (Wildman–Crippen LogP) is 1.81. The van der Waals surface area contributed by atoms with Crippen molar-refractivity contribution in [3.8, 4) is 5.75 Å². The molecule has 0 radical (unpaired) electrons.